The van der Waals surface area contributed by atoms with Crippen LogP contribution in [0.5, 0.6) is 0 Å². The molecule has 0 amide bonds. The zero-order chi connectivity index (χ0) is 19.6. The van der Waals surface area contributed by atoms with E-state index in [1.807, 2.05) is 48.0 Å². The highest BCUT2D eigenvalue weighted by Gasteiger charge is 2.18. The highest BCUT2D eigenvalue weighted by atomic mass is 32.1. The van der Waals surface area contributed by atoms with E-state index in [4.69, 9.17) is 9.97 Å². The standard InChI is InChI=1S/C22H16FN5S/c23-17-8-6-15(7-9-17)14-25-21-24-11-10-18(26-21)20-19(16-4-2-1-3-5-16)27-22-28(20)12-13-29-22/h1-13H,14H2,(H,24,25,26). The predicted molar refractivity (Wildman–Crippen MR) is 113 cm³/mol. The topological polar surface area (TPSA) is 55.1 Å². The molecule has 3 aromatic heterocycles. The summed E-state index contributed by atoms with van der Waals surface area (Å²) in [5, 5.41) is 5.22. The van der Waals surface area contributed by atoms with Crippen LogP contribution in [-0.2, 0) is 6.54 Å². The van der Waals surface area contributed by atoms with E-state index in [0.29, 0.717) is 12.5 Å². The van der Waals surface area contributed by atoms with Gasteiger partial charge in [0.05, 0.1) is 11.4 Å². The number of benzene rings is 2. The summed E-state index contributed by atoms with van der Waals surface area (Å²) in [6.07, 6.45) is 3.73. The van der Waals surface area contributed by atoms with Gasteiger partial charge in [-0.25, -0.2) is 19.3 Å². The molecular formula is C22H16FN5S. The van der Waals surface area contributed by atoms with Gasteiger partial charge < -0.3 is 5.32 Å². The summed E-state index contributed by atoms with van der Waals surface area (Å²) < 4.78 is 15.1. The minimum atomic E-state index is -0.249. The van der Waals surface area contributed by atoms with Crippen molar-refractivity contribution in [2.75, 3.05) is 5.32 Å². The first kappa shape index (κ1) is 17.5. The fourth-order valence-electron chi connectivity index (χ4n) is 3.19. The highest BCUT2D eigenvalue weighted by molar-refractivity contribution is 7.15. The summed E-state index contributed by atoms with van der Waals surface area (Å²) >= 11 is 1.59. The molecule has 142 valence electrons. The van der Waals surface area contributed by atoms with E-state index in [1.165, 1.54) is 12.1 Å². The van der Waals surface area contributed by atoms with Crippen molar-refractivity contribution in [2.45, 2.75) is 6.54 Å². The van der Waals surface area contributed by atoms with Gasteiger partial charge in [0.15, 0.2) is 4.96 Å². The van der Waals surface area contributed by atoms with Crippen LogP contribution in [0.25, 0.3) is 27.6 Å². The number of imidazole rings is 1. The first-order valence-corrected chi connectivity index (χ1v) is 9.98. The fourth-order valence-corrected chi connectivity index (χ4v) is 3.90. The lowest BCUT2D eigenvalue weighted by molar-refractivity contribution is 0.627. The van der Waals surface area contributed by atoms with E-state index >= 15 is 0 Å². The lowest BCUT2D eigenvalue weighted by Crippen LogP contribution is -2.04. The van der Waals surface area contributed by atoms with E-state index in [0.717, 1.165) is 33.2 Å². The number of halogens is 1. The van der Waals surface area contributed by atoms with Crippen molar-refractivity contribution < 1.29 is 4.39 Å². The maximum atomic E-state index is 13.1. The molecule has 5 aromatic rings. The average Bonchev–Trinajstić information content (AvgIpc) is 3.35. The molecule has 0 saturated carbocycles. The van der Waals surface area contributed by atoms with E-state index in [1.54, 1.807) is 29.7 Å². The van der Waals surface area contributed by atoms with Crippen LogP contribution in [0.4, 0.5) is 10.3 Å². The Morgan fingerprint density at radius 2 is 1.79 bits per heavy atom. The number of thiazole rings is 1. The number of nitrogens with zero attached hydrogens (tertiary/aromatic N) is 4. The van der Waals surface area contributed by atoms with Gasteiger partial charge in [-0.1, -0.05) is 42.5 Å². The van der Waals surface area contributed by atoms with Crippen molar-refractivity contribution >= 4 is 22.2 Å². The minimum absolute atomic E-state index is 0.249. The van der Waals surface area contributed by atoms with Gasteiger partial charge in [-0.3, -0.25) is 4.40 Å². The molecule has 1 N–H and O–H groups in total. The van der Waals surface area contributed by atoms with Gasteiger partial charge in [0, 0.05) is 29.9 Å². The number of rotatable bonds is 5. The van der Waals surface area contributed by atoms with Crippen molar-refractivity contribution in [1.29, 1.82) is 0 Å². The van der Waals surface area contributed by atoms with E-state index in [-0.39, 0.29) is 5.82 Å². The Balaban J connectivity index is 1.51. The second-order valence-electron chi connectivity index (χ2n) is 6.48. The first-order chi connectivity index (χ1) is 14.3. The van der Waals surface area contributed by atoms with Crippen LogP contribution in [-0.4, -0.2) is 19.4 Å². The Bertz CT molecular complexity index is 1260. The number of hydrogen-bond donors (Lipinski definition) is 1. The van der Waals surface area contributed by atoms with Gasteiger partial charge in [0.1, 0.15) is 11.5 Å². The molecule has 5 nitrogen and oxygen atoms in total. The molecule has 0 atom stereocenters. The lowest BCUT2D eigenvalue weighted by atomic mass is 10.1. The van der Waals surface area contributed by atoms with Crippen LogP contribution in [0.2, 0.25) is 0 Å². The second-order valence-corrected chi connectivity index (χ2v) is 7.35. The molecule has 0 radical (unpaired) electrons. The second kappa shape index (κ2) is 7.44. The zero-order valence-electron chi connectivity index (χ0n) is 15.3. The number of aromatic nitrogens is 4. The molecule has 0 bridgehead atoms. The van der Waals surface area contributed by atoms with Gasteiger partial charge in [0.2, 0.25) is 5.95 Å². The number of anilines is 1. The maximum absolute atomic E-state index is 13.1. The van der Waals surface area contributed by atoms with Crippen molar-refractivity contribution in [3.63, 3.8) is 0 Å². The number of hydrogen-bond acceptors (Lipinski definition) is 5. The van der Waals surface area contributed by atoms with Crippen molar-refractivity contribution in [1.82, 2.24) is 19.4 Å². The molecule has 0 aliphatic rings. The van der Waals surface area contributed by atoms with Crippen LogP contribution in [0.3, 0.4) is 0 Å². The van der Waals surface area contributed by atoms with Crippen LogP contribution in [0.15, 0.2) is 78.4 Å². The summed E-state index contributed by atoms with van der Waals surface area (Å²) in [6, 6.07) is 18.3. The normalized spacial score (nSPS) is 11.1. The SMILES string of the molecule is Fc1ccc(CNc2nccc(-c3c(-c4ccccc4)nc4sccn34)n2)cc1. The summed E-state index contributed by atoms with van der Waals surface area (Å²) in [4.78, 5) is 14.8. The molecule has 0 aliphatic carbocycles. The first-order valence-electron chi connectivity index (χ1n) is 9.10. The molecule has 3 heterocycles. The Labute approximate surface area is 170 Å². The Morgan fingerprint density at radius 1 is 0.966 bits per heavy atom. The summed E-state index contributed by atoms with van der Waals surface area (Å²) in [5.41, 5.74) is 4.60. The molecule has 0 saturated heterocycles. The van der Waals surface area contributed by atoms with Crippen LogP contribution in [0.1, 0.15) is 5.56 Å². The Kier molecular flexibility index (Phi) is 4.50. The average molecular weight is 401 g/mol. The predicted octanol–water partition coefficient (Wildman–Crippen LogP) is 5.27. The third-order valence-corrected chi connectivity index (χ3v) is 5.33. The minimum Gasteiger partial charge on any atom is -0.350 e. The molecule has 5 rings (SSSR count). The smallest absolute Gasteiger partial charge is 0.223 e. The van der Waals surface area contributed by atoms with Gasteiger partial charge in [0.25, 0.3) is 0 Å². The quantitative estimate of drug-likeness (QED) is 0.436. The third-order valence-electron chi connectivity index (χ3n) is 4.57. The van der Waals surface area contributed by atoms with Gasteiger partial charge >= 0.3 is 0 Å². The maximum Gasteiger partial charge on any atom is 0.223 e. The summed E-state index contributed by atoms with van der Waals surface area (Å²) in [5.74, 6) is 0.261. The molecule has 0 spiro atoms. The van der Waals surface area contributed by atoms with Crippen molar-refractivity contribution in [3.8, 4) is 22.6 Å². The monoisotopic (exact) mass is 401 g/mol. The molecule has 0 aliphatic heterocycles. The molecule has 0 unspecified atom stereocenters. The zero-order valence-corrected chi connectivity index (χ0v) is 16.1. The summed E-state index contributed by atoms with van der Waals surface area (Å²) in [6.45, 7) is 0.509. The largest absolute Gasteiger partial charge is 0.350 e. The van der Waals surface area contributed by atoms with Gasteiger partial charge in [-0.05, 0) is 23.8 Å². The molecule has 29 heavy (non-hydrogen) atoms. The van der Waals surface area contributed by atoms with Gasteiger partial charge in [-0.15, -0.1) is 11.3 Å². The van der Waals surface area contributed by atoms with E-state index < -0.39 is 0 Å². The van der Waals surface area contributed by atoms with Crippen LogP contribution in [0, 0.1) is 5.82 Å². The third kappa shape index (κ3) is 3.48. The molecule has 2 aromatic carbocycles. The Hall–Kier alpha value is -3.58. The number of fused-ring (bicyclic) bond motifs is 1. The van der Waals surface area contributed by atoms with Crippen LogP contribution < -0.4 is 5.32 Å². The fraction of sp³-hybridized carbons (Fsp3) is 0.0455. The number of nitrogens with one attached hydrogen (secondary N) is 1. The molecule has 7 heteroatoms. The molecule has 0 fully saturated rings. The highest BCUT2D eigenvalue weighted by Crippen LogP contribution is 2.33. The lowest BCUT2D eigenvalue weighted by Gasteiger charge is -2.08. The van der Waals surface area contributed by atoms with Crippen LogP contribution >= 0.6 is 11.3 Å². The van der Waals surface area contributed by atoms with Crippen molar-refractivity contribution in [2.24, 2.45) is 0 Å². The van der Waals surface area contributed by atoms with Crippen molar-refractivity contribution in [3.05, 3.63) is 89.8 Å². The van der Waals surface area contributed by atoms with E-state index in [9.17, 15) is 4.39 Å². The van der Waals surface area contributed by atoms with Gasteiger partial charge in [-0.2, -0.15) is 0 Å². The van der Waals surface area contributed by atoms with E-state index in [2.05, 4.69) is 14.7 Å². The molecular weight excluding hydrogens is 385 g/mol. The summed E-state index contributed by atoms with van der Waals surface area (Å²) in [7, 11) is 0. The Morgan fingerprint density at radius 3 is 2.62 bits per heavy atom.